The topological polar surface area (TPSA) is 20.2 Å². The summed E-state index contributed by atoms with van der Waals surface area (Å²) < 4.78 is 12.8. The zero-order valence-electron chi connectivity index (χ0n) is 8.70. The number of benzene rings is 1. The Labute approximate surface area is 84.6 Å². The minimum atomic E-state index is -0.293. The predicted molar refractivity (Wildman–Crippen MR) is 55.6 cm³/mol. The molecule has 0 aliphatic heterocycles. The van der Waals surface area contributed by atoms with Gasteiger partial charge in [-0.05, 0) is 36.5 Å². The molecule has 0 radical (unpaired) electrons. The van der Waals surface area contributed by atoms with Gasteiger partial charge in [0, 0.05) is 0 Å². The Morgan fingerprint density at radius 2 is 2.14 bits per heavy atom. The van der Waals surface area contributed by atoms with E-state index in [1.807, 2.05) is 19.9 Å². The third kappa shape index (κ3) is 3.11. The molecule has 2 atom stereocenters. The van der Waals surface area contributed by atoms with Crippen LogP contribution >= 0.6 is 0 Å². The summed E-state index contributed by atoms with van der Waals surface area (Å²) in [4.78, 5) is 0. The Balaban J connectivity index is 2.60. The first-order valence-electron chi connectivity index (χ1n) is 5.06. The molecule has 0 aliphatic rings. The Kier molecular flexibility index (Phi) is 4.08. The molecule has 0 spiro atoms. The van der Waals surface area contributed by atoms with Gasteiger partial charge < -0.3 is 5.11 Å². The lowest BCUT2D eigenvalue weighted by Crippen LogP contribution is -2.18. The molecular weight excluding hydrogens is 179 g/mol. The summed E-state index contributed by atoms with van der Waals surface area (Å²) in [5, 5.41) is 9.56. The Morgan fingerprint density at radius 3 is 2.71 bits per heavy atom. The highest BCUT2D eigenvalue weighted by atomic mass is 19.1. The van der Waals surface area contributed by atoms with Crippen LogP contribution in [-0.4, -0.2) is 11.2 Å². The first-order valence-corrected chi connectivity index (χ1v) is 5.06. The molecule has 78 valence electrons. The van der Waals surface area contributed by atoms with E-state index >= 15 is 0 Å². The summed E-state index contributed by atoms with van der Waals surface area (Å²) in [6.45, 7) is 3.94. The molecule has 0 heterocycles. The molecule has 0 fully saturated rings. The van der Waals surface area contributed by atoms with E-state index in [4.69, 9.17) is 0 Å². The lowest BCUT2D eigenvalue weighted by molar-refractivity contribution is 0.112. The van der Waals surface area contributed by atoms with E-state index < -0.39 is 0 Å². The van der Waals surface area contributed by atoms with Crippen molar-refractivity contribution >= 4 is 0 Å². The fourth-order valence-electron chi connectivity index (χ4n) is 1.57. The van der Waals surface area contributed by atoms with Gasteiger partial charge in [-0.3, -0.25) is 0 Å². The summed E-state index contributed by atoms with van der Waals surface area (Å²) in [6.07, 6.45) is 1.18. The lowest BCUT2D eigenvalue weighted by Gasteiger charge is -2.16. The molecule has 0 bridgehead atoms. The smallest absolute Gasteiger partial charge is 0.123 e. The van der Waals surface area contributed by atoms with E-state index in [2.05, 4.69) is 0 Å². The van der Waals surface area contributed by atoms with Crippen molar-refractivity contribution in [1.82, 2.24) is 0 Å². The Bertz CT molecular complexity index is 285. The number of rotatable bonds is 4. The number of hydrogen-bond donors (Lipinski definition) is 1. The highest BCUT2D eigenvalue weighted by Gasteiger charge is 2.12. The van der Waals surface area contributed by atoms with Gasteiger partial charge in [0.2, 0.25) is 0 Å². The summed E-state index contributed by atoms with van der Waals surface area (Å²) >= 11 is 0. The normalized spacial score (nSPS) is 15.1. The monoisotopic (exact) mass is 196 g/mol. The maximum Gasteiger partial charge on any atom is 0.123 e. The largest absolute Gasteiger partial charge is 0.393 e. The van der Waals surface area contributed by atoms with Gasteiger partial charge in [0.25, 0.3) is 0 Å². The minimum absolute atomic E-state index is 0.182. The van der Waals surface area contributed by atoms with Gasteiger partial charge >= 0.3 is 0 Å². The molecule has 2 heteroatoms. The summed E-state index contributed by atoms with van der Waals surface area (Å²) in [6, 6.07) is 6.56. The number of aliphatic hydroxyl groups is 1. The SMILES string of the molecule is CCC(O)C(C)Cc1cccc(F)c1. The van der Waals surface area contributed by atoms with Crippen LogP contribution in [0.25, 0.3) is 0 Å². The van der Waals surface area contributed by atoms with E-state index in [1.165, 1.54) is 12.1 Å². The van der Waals surface area contributed by atoms with Gasteiger partial charge in [-0.2, -0.15) is 0 Å². The molecule has 0 saturated heterocycles. The third-order valence-corrected chi connectivity index (χ3v) is 2.52. The van der Waals surface area contributed by atoms with Gasteiger partial charge in [-0.1, -0.05) is 26.0 Å². The standard InChI is InChI=1S/C12H17FO/c1-3-12(14)9(2)7-10-5-4-6-11(13)8-10/h4-6,8-9,12,14H,3,7H2,1-2H3. The average Bonchev–Trinajstić information content (AvgIpc) is 2.16. The van der Waals surface area contributed by atoms with Crippen molar-refractivity contribution in [3.63, 3.8) is 0 Å². The molecule has 14 heavy (non-hydrogen) atoms. The number of halogens is 1. The maximum atomic E-state index is 12.8. The quantitative estimate of drug-likeness (QED) is 0.785. The van der Waals surface area contributed by atoms with E-state index in [9.17, 15) is 9.50 Å². The molecule has 0 aromatic heterocycles. The summed E-state index contributed by atoms with van der Waals surface area (Å²) in [5.74, 6) is -0.0255. The molecule has 2 unspecified atom stereocenters. The van der Waals surface area contributed by atoms with Crippen molar-refractivity contribution in [2.75, 3.05) is 0 Å². The first-order chi connectivity index (χ1) is 6.63. The van der Waals surface area contributed by atoms with Crippen LogP contribution in [0.5, 0.6) is 0 Å². The van der Waals surface area contributed by atoms with E-state index in [1.54, 1.807) is 6.07 Å². The van der Waals surface area contributed by atoms with Gasteiger partial charge in [0.15, 0.2) is 0 Å². The molecule has 0 aliphatic carbocycles. The molecule has 1 aromatic carbocycles. The van der Waals surface area contributed by atoms with Gasteiger partial charge in [-0.15, -0.1) is 0 Å². The fraction of sp³-hybridized carbons (Fsp3) is 0.500. The molecule has 0 amide bonds. The van der Waals surface area contributed by atoms with Crippen LogP contribution in [0.2, 0.25) is 0 Å². The van der Waals surface area contributed by atoms with E-state index in [0.717, 1.165) is 18.4 Å². The molecule has 1 N–H and O–H groups in total. The van der Waals surface area contributed by atoms with Crippen LogP contribution in [0.1, 0.15) is 25.8 Å². The fourth-order valence-corrected chi connectivity index (χ4v) is 1.57. The van der Waals surface area contributed by atoms with Gasteiger partial charge in [0.1, 0.15) is 5.82 Å². The predicted octanol–water partition coefficient (Wildman–Crippen LogP) is 2.78. The second-order valence-electron chi connectivity index (χ2n) is 3.79. The zero-order valence-corrected chi connectivity index (χ0v) is 8.70. The van der Waals surface area contributed by atoms with Gasteiger partial charge in [0.05, 0.1) is 6.10 Å². The zero-order chi connectivity index (χ0) is 10.6. The minimum Gasteiger partial charge on any atom is -0.393 e. The second kappa shape index (κ2) is 5.11. The van der Waals surface area contributed by atoms with E-state index in [0.29, 0.717) is 0 Å². The number of aliphatic hydroxyl groups excluding tert-OH is 1. The van der Waals surface area contributed by atoms with Gasteiger partial charge in [-0.25, -0.2) is 4.39 Å². The van der Waals surface area contributed by atoms with E-state index in [-0.39, 0.29) is 17.8 Å². The Morgan fingerprint density at radius 1 is 1.43 bits per heavy atom. The maximum absolute atomic E-state index is 12.8. The molecule has 1 nitrogen and oxygen atoms in total. The highest BCUT2D eigenvalue weighted by Crippen LogP contribution is 2.14. The second-order valence-corrected chi connectivity index (χ2v) is 3.79. The van der Waals surface area contributed by atoms with Crippen LogP contribution in [0, 0.1) is 11.7 Å². The van der Waals surface area contributed by atoms with Crippen LogP contribution in [-0.2, 0) is 6.42 Å². The van der Waals surface area contributed by atoms with Crippen LogP contribution < -0.4 is 0 Å². The molecule has 1 aromatic rings. The number of hydrogen-bond acceptors (Lipinski definition) is 1. The molecule has 1 rings (SSSR count). The van der Waals surface area contributed by atoms with Crippen molar-refractivity contribution in [2.45, 2.75) is 32.8 Å². The highest BCUT2D eigenvalue weighted by molar-refractivity contribution is 5.16. The van der Waals surface area contributed by atoms with Crippen molar-refractivity contribution < 1.29 is 9.50 Å². The van der Waals surface area contributed by atoms with Crippen LogP contribution in [0.3, 0.4) is 0 Å². The van der Waals surface area contributed by atoms with Crippen molar-refractivity contribution in [3.8, 4) is 0 Å². The summed E-state index contributed by atoms with van der Waals surface area (Å²) in [7, 11) is 0. The Hall–Kier alpha value is -0.890. The third-order valence-electron chi connectivity index (χ3n) is 2.52. The van der Waals surface area contributed by atoms with Crippen LogP contribution in [0.4, 0.5) is 4.39 Å². The summed E-state index contributed by atoms with van der Waals surface area (Å²) in [5.41, 5.74) is 0.949. The van der Waals surface area contributed by atoms with Crippen molar-refractivity contribution in [2.24, 2.45) is 5.92 Å². The van der Waals surface area contributed by atoms with Crippen LogP contribution in [0.15, 0.2) is 24.3 Å². The average molecular weight is 196 g/mol. The first kappa shape index (κ1) is 11.2. The molecular formula is C12H17FO. The lowest BCUT2D eigenvalue weighted by atomic mass is 9.94. The molecule has 0 saturated carbocycles. The van der Waals surface area contributed by atoms with Crippen molar-refractivity contribution in [3.05, 3.63) is 35.6 Å². The van der Waals surface area contributed by atoms with Crippen molar-refractivity contribution in [1.29, 1.82) is 0 Å².